The van der Waals surface area contributed by atoms with Crippen LogP contribution in [-0.2, 0) is 6.42 Å². The van der Waals surface area contributed by atoms with Gasteiger partial charge in [-0.3, -0.25) is 0 Å². The van der Waals surface area contributed by atoms with Crippen molar-refractivity contribution in [2.45, 2.75) is 32.6 Å². The highest BCUT2D eigenvalue weighted by Gasteiger charge is 2.14. The van der Waals surface area contributed by atoms with Crippen molar-refractivity contribution in [1.82, 2.24) is 0 Å². The average molecular weight is 222 g/mol. The number of hydrogen-bond donors (Lipinski definition) is 0. The van der Waals surface area contributed by atoms with Gasteiger partial charge in [-0.15, -0.1) is 0 Å². The molecular weight excluding hydrogens is 204 g/mol. The summed E-state index contributed by atoms with van der Waals surface area (Å²) in [7, 11) is 0. The van der Waals surface area contributed by atoms with E-state index in [1.807, 2.05) is 0 Å². The lowest BCUT2D eigenvalue weighted by Crippen LogP contribution is -1.87. The van der Waals surface area contributed by atoms with Crippen LogP contribution in [0.25, 0.3) is 16.8 Å². The molecule has 2 aromatic carbocycles. The molecule has 0 amide bonds. The van der Waals surface area contributed by atoms with Gasteiger partial charge in [-0.05, 0) is 41.2 Å². The van der Waals surface area contributed by atoms with Crippen molar-refractivity contribution < 1.29 is 0 Å². The molecule has 17 heavy (non-hydrogen) atoms. The smallest absolute Gasteiger partial charge is 0.00517 e. The van der Waals surface area contributed by atoms with Crippen molar-refractivity contribution in [2.24, 2.45) is 0 Å². The minimum Gasteiger partial charge on any atom is -0.0654 e. The summed E-state index contributed by atoms with van der Waals surface area (Å²) in [5.41, 5.74) is 4.59. The van der Waals surface area contributed by atoms with E-state index in [4.69, 9.17) is 0 Å². The largest absolute Gasteiger partial charge is 0.0654 e. The zero-order valence-electron chi connectivity index (χ0n) is 10.4. The first-order chi connectivity index (χ1) is 8.38. The second-order valence-corrected chi connectivity index (χ2v) is 4.94. The molecule has 0 bridgehead atoms. The first-order valence-corrected chi connectivity index (χ1v) is 6.58. The van der Waals surface area contributed by atoms with Crippen LogP contribution >= 0.6 is 0 Å². The first-order valence-electron chi connectivity index (χ1n) is 6.58. The third-order valence-corrected chi connectivity index (χ3v) is 3.69. The molecule has 0 atom stereocenters. The Morgan fingerprint density at radius 1 is 1.06 bits per heavy atom. The number of unbranched alkanes of at least 4 members (excludes halogenated alkanes) is 1. The molecule has 0 heteroatoms. The number of fused-ring (bicyclic) bond motifs is 3. The molecule has 0 heterocycles. The van der Waals surface area contributed by atoms with E-state index >= 15 is 0 Å². The molecule has 0 N–H and O–H groups in total. The van der Waals surface area contributed by atoms with Crippen molar-refractivity contribution >= 4 is 16.8 Å². The fourth-order valence-electron chi connectivity index (χ4n) is 2.75. The topological polar surface area (TPSA) is 0 Å². The standard InChI is InChI=1S/C17H18/c1-2-3-6-13-11-15-10-9-14-7-4-5-8-16(14)17(15)12-13/h4-5,7-11H,2-3,6,12H2,1H3. The van der Waals surface area contributed by atoms with Crippen LogP contribution in [0.3, 0.4) is 0 Å². The van der Waals surface area contributed by atoms with Crippen LogP contribution in [-0.4, -0.2) is 0 Å². The van der Waals surface area contributed by atoms with Crippen molar-refractivity contribution in [3.05, 3.63) is 53.1 Å². The van der Waals surface area contributed by atoms with E-state index in [1.54, 1.807) is 5.57 Å². The highest BCUT2D eigenvalue weighted by atomic mass is 14.2. The second-order valence-electron chi connectivity index (χ2n) is 4.94. The third-order valence-electron chi connectivity index (χ3n) is 3.69. The quantitative estimate of drug-likeness (QED) is 0.687. The Kier molecular flexibility index (Phi) is 2.72. The van der Waals surface area contributed by atoms with Gasteiger partial charge in [0.25, 0.3) is 0 Å². The summed E-state index contributed by atoms with van der Waals surface area (Å²) in [4.78, 5) is 0. The Hall–Kier alpha value is -1.56. The summed E-state index contributed by atoms with van der Waals surface area (Å²) in [5.74, 6) is 0. The molecule has 0 radical (unpaired) electrons. The maximum atomic E-state index is 2.40. The molecule has 0 unspecified atom stereocenters. The highest BCUT2D eigenvalue weighted by molar-refractivity contribution is 5.90. The normalized spacial score (nSPS) is 13.8. The number of hydrogen-bond acceptors (Lipinski definition) is 0. The van der Waals surface area contributed by atoms with Crippen LogP contribution < -0.4 is 0 Å². The van der Waals surface area contributed by atoms with E-state index in [1.165, 1.54) is 41.2 Å². The van der Waals surface area contributed by atoms with Gasteiger partial charge in [0.15, 0.2) is 0 Å². The van der Waals surface area contributed by atoms with Crippen LogP contribution in [0, 0.1) is 0 Å². The van der Waals surface area contributed by atoms with Gasteiger partial charge in [0.1, 0.15) is 0 Å². The molecule has 0 saturated heterocycles. The van der Waals surface area contributed by atoms with Gasteiger partial charge < -0.3 is 0 Å². The predicted octanol–water partition coefficient (Wildman–Crippen LogP) is 4.97. The Morgan fingerprint density at radius 3 is 2.82 bits per heavy atom. The average Bonchev–Trinajstić information content (AvgIpc) is 2.79. The van der Waals surface area contributed by atoms with Gasteiger partial charge in [-0.25, -0.2) is 0 Å². The predicted molar refractivity (Wildman–Crippen MR) is 75.2 cm³/mol. The Balaban J connectivity index is 1.99. The molecule has 0 aromatic heterocycles. The Bertz CT molecular complexity index is 576. The number of benzene rings is 2. The van der Waals surface area contributed by atoms with Crippen LogP contribution in [0.2, 0.25) is 0 Å². The second kappa shape index (κ2) is 4.37. The van der Waals surface area contributed by atoms with Gasteiger partial charge in [0.05, 0.1) is 0 Å². The van der Waals surface area contributed by atoms with Crippen molar-refractivity contribution in [3.8, 4) is 0 Å². The zero-order chi connectivity index (χ0) is 11.7. The summed E-state index contributed by atoms with van der Waals surface area (Å²) < 4.78 is 0. The molecule has 0 fully saturated rings. The molecule has 1 aliphatic rings. The van der Waals surface area contributed by atoms with Gasteiger partial charge in [0.2, 0.25) is 0 Å². The molecule has 0 saturated carbocycles. The van der Waals surface area contributed by atoms with Gasteiger partial charge >= 0.3 is 0 Å². The minimum atomic E-state index is 1.16. The van der Waals surface area contributed by atoms with Crippen molar-refractivity contribution in [1.29, 1.82) is 0 Å². The monoisotopic (exact) mass is 222 g/mol. The first kappa shape index (κ1) is 10.6. The van der Waals surface area contributed by atoms with Crippen molar-refractivity contribution in [2.75, 3.05) is 0 Å². The molecule has 0 nitrogen and oxygen atoms in total. The summed E-state index contributed by atoms with van der Waals surface area (Å²) in [5, 5.41) is 2.81. The van der Waals surface area contributed by atoms with E-state index in [0.717, 1.165) is 6.42 Å². The lowest BCUT2D eigenvalue weighted by atomic mass is 9.99. The van der Waals surface area contributed by atoms with Crippen LogP contribution in [0.15, 0.2) is 42.0 Å². The molecule has 2 aromatic rings. The van der Waals surface area contributed by atoms with E-state index in [2.05, 4.69) is 49.4 Å². The van der Waals surface area contributed by atoms with E-state index in [0.29, 0.717) is 0 Å². The Morgan fingerprint density at radius 2 is 1.94 bits per heavy atom. The fourth-order valence-corrected chi connectivity index (χ4v) is 2.75. The molecular formula is C17H18. The van der Waals surface area contributed by atoms with E-state index in [-0.39, 0.29) is 0 Å². The van der Waals surface area contributed by atoms with Crippen LogP contribution in [0.5, 0.6) is 0 Å². The third kappa shape index (κ3) is 1.88. The SMILES string of the molecule is CCCCC1=Cc2ccc3ccccc3c2C1. The van der Waals surface area contributed by atoms with E-state index in [9.17, 15) is 0 Å². The lowest BCUT2D eigenvalue weighted by molar-refractivity contribution is 0.780. The molecule has 0 spiro atoms. The molecule has 1 aliphatic carbocycles. The summed E-state index contributed by atoms with van der Waals surface area (Å²) in [6, 6.07) is 13.2. The zero-order valence-corrected chi connectivity index (χ0v) is 10.4. The molecule has 0 aliphatic heterocycles. The van der Waals surface area contributed by atoms with Gasteiger partial charge in [-0.1, -0.05) is 61.4 Å². The van der Waals surface area contributed by atoms with Gasteiger partial charge in [-0.2, -0.15) is 0 Å². The van der Waals surface area contributed by atoms with Crippen LogP contribution in [0.4, 0.5) is 0 Å². The summed E-state index contributed by atoms with van der Waals surface area (Å²) >= 11 is 0. The molecule has 3 rings (SSSR count). The van der Waals surface area contributed by atoms with Crippen molar-refractivity contribution in [3.63, 3.8) is 0 Å². The maximum absolute atomic E-state index is 2.40. The minimum absolute atomic E-state index is 1.16. The van der Waals surface area contributed by atoms with Gasteiger partial charge in [0, 0.05) is 0 Å². The maximum Gasteiger partial charge on any atom is -0.00517 e. The fraction of sp³-hybridized carbons (Fsp3) is 0.294. The lowest BCUT2D eigenvalue weighted by Gasteiger charge is -2.05. The summed E-state index contributed by atoms with van der Waals surface area (Å²) in [6.07, 6.45) is 7.43. The van der Waals surface area contributed by atoms with E-state index < -0.39 is 0 Å². The summed E-state index contributed by atoms with van der Waals surface area (Å²) in [6.45, 7) is 2.26. The highest BCUT2D eigenvalue weighted by Crippen LogP contribution is 2.33. The number of rotatable bonds is 3. The Labute approximate surface area is 103 Å². The van der Waals surface area contributed by atoms with Crippen LogP contribution in [0.1, 0.15) is 37.3 Å². The molecule has 86 valence electrons. The number of allylic oxidation sites excluding steroid dienone is 1.